The van der Waals surface area contributed by atoms with Crippen molar-refractivity contribution in [2.75, 3.05) is 6.61 Å². The number of carbonyl (C=O) groups is 1. The molecule has 0 atom stereocenters. The van der Waals surface area contributed by atoms with E-state index in [9.17, 15) is 4.79 Å². The summed E-state index contributed by atoms with van der Waals surface area (Å²) in [4.78, 5) is 11.6. The van der Waals surface area contributed by atoms with E-state index >= 15 is 0 Å². The van der Waals surface area contributed by atoms with Gasteiger partial charge in [0.2, 0.25) is 0 Å². The van der Waals surface area contributed by atoms with Gasteiger partial charge >= 0.3 is 0 Å². The topological polar surface area (TPSA) is 26.3 Å². The predicted octanol–water partition coefficient (Wildman–Crippen LogP) is 4.51. The average Bonchev–Trinajstić information content (AvgIpc) is 2.33. The summed E-state index contributed by atoms with van der Waals surface area (Å²) in [6.07, 6.45) is 2.13. The van der Waals surface area contributed by atoms with Crippen molar-refractivity contribution in [1.82, 2.24) is 0 Å². The first-order valence-electron chi connectivity index (χ1n) is 7.16. The third kappa shape index (κ3) is 5.91. The lowest BCUT2D eigenvalue weighted by Gasteiger charge is -2.12. The van der Waals surface area contributed by atoms with Gasteiger partial charge in [-0.2, -0.15) is 0 Å². The molecule has 106 valence electrons. The number of Topliss-reactive ketones (excluding diaryl/α,β-unsaturated/α-hetero) is 1. The Bertz CT molecular complexity index is 389. The van der Waals surface area contributed by atoms with Crippen LogP contribution in [0.1, 0.15) is 57.0 Å². The number of carbonyl (C=O) groups excluding carboxylic acids is 1. The van der Waals surface area contributed by atoms with Crippen LogP contribution < -0.4 is 4.74 Å². The second-order valence-corrected chi connectivity index (χ2v) is 6.06. The fourth-order valence-electron chi connectivity index (χ4n) is 1.81. The lowest BCUT2D eigenvalue weighted by atomic mass is 9.99. The van der Waals surface area contributed by atoms with Gasteiger partial charge in [0, 0.05) is 5.56 Å². The Morgan fingerprint density at radius 3 is 2.32 bits per heavy atom. The Balaban J connectivity index is 2.87. The standard InChI is InChI=1S/C17H26O2/c1-12(2)6-7-15-8-16(14(5)18)10-17(9-15)19-11-13(3)4/h8-10,12-13H,6-7,11H2,1-5H3. The minimum Gasteiger partial charge on any atom is -0.493 e. The van der Waals surface area contributed by atoms with Crippen molar-refractivity contribution in [1.29, 1.82) is 0 Å². The Labute approximate surface area is 117 Å². The van der Waals surface area contributed by atoms with Crippen LogP contribution in [0.25, 0.3) is 0 Å². The van der Waals surface area contributed by atoms with Gasteiger partial charge < -0.3 is 4.74 Å². The maximum Gasteiger partial charge on any atom is 0.159 e. The molecule has 0 unspecified atom stereocenters. The molecule has 1 aromatic rings. The molecule has 2 nitrogen and oxygen atoms in total. The van der Waals surface area contributed by atoms with Crippen LogP contribution >= 0.6 is 0 Å². The highest BCUT2D eigenvalue weighted by atomic mass is 16.5. The van der Waals surface area contributed by atoms with Crippen molar-refractivity contribution in [3.8, 4) is 5.75 Å². The highest BCUT2D eigenvalue weighted by Gasteiger charge is 2.07. The van der Waals surface area contributed by atoms with Crippen molar-refractivity contribution in [3.63, 3.8) is 0 Å². The minimum absolute atomic E-state index is 0.0980. The third-order valence-corrected chi connectivity index (χ3v) is 2.97. The molecule has 0 heterocycles. The molecular formula is C17H26O2. The Morgan fingerprint density at radius 1 is 1.11 bits per heavy atom. The molecule has 0 N–H and O–H groups in total. The number of benzene rings is 1. The van der Waals surface area contributed by atoms with Crippen molar-refractivity contribution in [3.05, 3.63) is 29.3 Å². The van der Waals surface area contributed by atoms with Gasteiger partial charge in [0.05, 0.1) is 6.61 Å². The third-order valence-electron chi connectivity index (χ3n) is 2.97. The van der Waals surface area contributed by atoms with Crippen LogP contribution in [0.3, 0.4) is 0 Å². The van der Waals surface area contributed by atoms with Gasteiger partial charge in [-0.3, -0.25) is 4.79 Å². The zero-order valence-electron chi connectivity index (χ0n) is 12.8. The minimum atomic E-state index is 0.0980. The number of ketones is 1. The van der Waals surface area contributed by atoms with E-state index in [-0.39, 0.29) is 5.78 Å². The molecule has 0 aromatic heterocycles. The highest BCUT2D eigenvalue weighted by Crippen LogP contribution is 2.21. The fourth-order valence-corrected chi connectivity index (χ4v) is 1.81. The van der Waals surface area contributed by atoms with E-state index < -0.39 is 0 Å². The van der Waals surface area contributed by atoms with Gasteiger partial charge in [0.1, 0.15) is 5.75 Å². The van der Waals surface area contributed by atoms with Gasteiger partial charge in [0.25, 0.3) is 0 Å². The number of aryl methyl sites for hydroxylation is 1. The summed E-state index contributed by atoms with van der Waals surface area (Å²) in [6, 6.07) is 5.91. The molecule has 1 aromatic carbocycles. The molecule has 2 heteroatoms. The second-order valence-electron chi connectivity index (χ2n) is 6.06. The lowest BCUT2D eigenvalue weighted by molar-refractivity contribution is 0.101. The van der Waals surface area contributed by atoms with Gasteiger partial charge in [0.15, 0.2) is 5.78 Å². The Kier molecular flexibility index (Phi) is 6.07. The van der Waals surface area contributed by atoms with E-state index in [0.29, 0.717) is 18.4 Å². The van der Waals surface area contributed by atoms with Crippen LogP contribution in [0.2, 0.25) is 0 Å². The summed E-state index contributed by atoms with van der Waals surface area (Å²) in [5.41, 5.74) is 1.94. The number of hydrogen-bond acceptors (Lipinski definition) is 2. The Morgan fingerprint density at radius 2 is 1.79 bits per heavy atom. The summed E-state index contributed by atoms with van der Waals surface area (Å²) < 4.78 is 5.75. The van der Waals surface area contributed by atoms with Gasteiger partial charge in [-0.05, 0) is 55.4 Å². The first-order valence-corrected chi connectivity index (χ1v) is 7.16. The number of hydrogen-bond donors (Lipinski definition) is 0. The number of rotatable bonds is 7. The molecule has 0 aliphatic carbocycles. The van der Waals surface area contributed by atoms with Crippen LogP contribution in [0.4, 0.5) is 0 Å². The molecule has 19 heavy (non-hydrogen) atoms. The van der Waals surface area contributed by atoms with E-state index in [1.54, 1.807) is 6.92 Å². The van der Waals surface area contributed by atoms with Gasteiger partial charge in [-0.1, -0.05) is 27.7 Å². The molecule has 0 amide bonds. The lowest BCUT2D eigenvalue weighted by Crippen LogP contribution is -2.06. The monoisotopic (exact) mass is 262 g/mol. The molecule has 0 saturated heterocycles. The van der Waals surface area contributed by atoms with Gasteiger partial charge in [-0.15, -0.1) is 0 Å². The molecule has 1 rings (SSSR count). The summed E-state index contributed by atoms with van der Waals surface area (Å²) in [7, 11) is 0. The molecule has 0 fully saturated rings. The van der Waals surface area contributed by atoms with Crippen molar-refractivity contribution in [2.24, 2.45) is 11.8 Å². The smallest absolute Gasteiger partial charge is 0.159 e. The van der Waals surface area contributed by atoms with Crippen LogP contribution in [0.5, 0.6) is 5.75 Å². The molecule has 0 saturated carbocycles. The summed E-state index contributed by atoms with van der Waals surface area (Å²) >= 11 is 0. The zero-order valence-corrected chi connectivity index (χ0v) is 12.8. The summed E-state index contributed by atoms with van der Waals surface area (Å²) in [5, 5.41) is 0. The van der Waals surface area contributed by atoms with E-state index in [0.717, 1.165) is 24.2 Å². The quantitative estimate of drug-likeness (QED) is 0.676. The largest absolute Gasteiger partial charge is 0.493 e. The Hall–Kier alpha value is -1.31. The molecule has 0 spiro atoms. The van der Waals surface area contributed by atoms with E-state index in [1.807, 2.05) is 12.1 Å². The van der Waals surface area contributed by atoms with E-state index in [4.69, 9.17) is 4.74 Å². The van der Waals surface area contributed by atoms with E-state index in [2.05, 4.69) is 33.8 Å². The summed E-state index contributed by atoms with van der Waals surface area (Å²) in [5.74, 6) is 2.07. The van der Waals surface area contributed by atoms with Crippen molar-refractivity contribution in [2.45, 2.75) is 47.5 Å². The maximum atomic E-state index is 11.6. The SMILES string of the molecule is CC(=O)c1cc(CCC(C)C)cc(OCC(C)C)c1. The normalized spacial score (nSPS) is 11.1. The predicted molar refractivity (Wildman–Crippen MR) is 79.9 cm³/mol. The van der Waals surface area contributed by atoms with E-state index in [1.165, 1.54) is 5.56 Å². The molecular weight excluding hydrogens is 236 g/mol. The molecule has 0 bridgehead atoms. The average molecular weight is 262 g/mol. The molecule has 0 aliphatic rings. The second kappa shape index (κ2) is 7.32. The number of ether oxygens (including phenoxy) is 1. The van der Waals surface area contributed by atoms with Crippen LogP contribution in [-0.2, 0) is 6.42 Å². The van der Waals surface area contributed by atoms with Crippen molar-refractivity contribution >= 4 is 5.78 Å². The van der Waals surface area contributed by atoms with Gasteiger partial charge in [-0.25, -0.2) is 0 Å². The highest BCUT2D eigenvalue weighted by molar-refractivity contribution is 5.94. The fraction of sp³-hybridized carbons (Fsp3) is 0.588. The molecule has 0 aliphatic heterocycles. The van der Waals surface area contributed by atoms with Crippen LogP contribution in [0.15, 0.2) is 18.2 Å². The zero-order chi connectivity index (χ0) is 14.4. The van der Waals surface area contributed by atoms with Crippen LogP contribution in [0, 0.1) is 11.8 Å². The maximum absolute atomic E-state index is 11.6. The van der Waals surface area contributed by atoms with Crippen LogP contribution in [-0.4, -0.2) is 12.4 Å². The first kappa shape index (κ1) is 15.7. The molecule has 0 radical (unpaired) electrons. The first-order chi connectivity index (χ1) is 8.88. The summed E-state index contributed by atoms with van der Waals surface area (Å²) in [6.45, 7) is 11.0. The van der Waals surface area contributed by atoms with Crippen molar-refractivity contribution < 1.29 is 9.53 Å².